The molecule has 0 spiro atoms. The van der Waals surface area contributed by atoms with Gasteiger partial charge in [-0.15, -0.1) is 0 Å². The monoisotopic (exact) mass is 362 g/mol. The van der Waals surface area contributed by atoms with Crippen LogP contribution in [0, 0.1) is 12.8 Å². The standard InChI is InChI=1S/C20H26O4S/c1-5-20(17-7-6-8-18(13-17)23-4)16(3)14-24-25(21,22)19-11-9-15(2)10-12-19/h6-13,16,20H,5,14H2,1-4H3/t16-,20+/m0/s1. The largest absolute Gasteiger partial charge is 0.497 e. The predicted octanol–water partition coefficient (Wildman–Crippen LogP) is 4.54. The lowest BCUT2D eigenvalue weighted by atomic mass is 9.85. The molecule has 136 valence electrons. The van der Waals surface area contributed by atoms with Crippen LogP contribution in [0.1, 0.15) is 37.3 Å². The average molecular weight is 362 g/mol. The molecule has 0 fully saturated rings. The number of hydrogen-bond donors (Lipinski definition) is 0. The van der Waals surface area contributed by atoms with Crippen molar-refractivity contribution in [2.75, 3.05) is 13.7 Å². The molecule has 4 nitrogen and oxygen atoms in total. The summed E-state index contributed by atoms with van der Waals surface area (Å²) in [6.45, 7) is 6.17. The fourth-order valence-corrected chi connectivity index (χ4v) is 3.92. The Morgan fingerprint density at radius 1 is 1.08 bits per heavy atom. The van der Waals surface area contributed by atoms with E-state index in [2.05, 4.69) is 6.92 Å². The lowest BCUT2D eigenvalue weighted by molar-refractivity contribution is 0.239. The maximum Gasteiger partial charge on any atom is 0.296 e. The van der Waals surface area contributed by atoms with E-state index in [0.717, 1.165) is 23.3 Å². The summed E-state index contributed by atoms with van der Waals surface area (Å²) in [4.78, 5) is 0.194. The lowest BCUT2D eigenvalue weighted by Crippen LogP contribution is -2.18. The third-order valence-corrected chi connectivity index (χ3v) is 5.74. The molecule has 0 aromatic heterocycles. The van der Waals surface area contributed by atoms with Gasteiger partial charge in [0.2, 0.25) is 0 Å². The second-order valence-corrected chi connectivity index (χ2v) is 7.94. The van der Waals surface area contributed by atoms with Crippen molar-refractivity contribution in [3.63, 3.8) is 0 Å². The second kappa shape index (κ2) is 8.50. The molecule has 2 atom stereocenters. The molecule has 0 amide bonds. The van der Waals surface area contributed by atoms with Crippen molar-refractivity contribution in [1.82, 2.24) is 0 Å². The van der Waals surface area contributed by atoms with Crippen LogP contribution in [0.25, 0.3) is 0 Å². The molecule has 0 aliphatic heterocycles. The minimum absolute atomic E-state index is 0.0531. The van der Waals surface area contributed by atoms with Crippen LogP contribution in [0.4, 0.5) is 0 Å². The van der Waals surface area contributed by atoms with E-state index in [9.17, 15) is 8.42 Å². The van der Waals surface area contributed by atoms with Crippen molar-refractivity contribution >= 4 is 10.1 Å². The molecular weight excluding hydrogens is 336 g/mol. The number of aryl methyl sites for hydroxylation is 1. The fourth-order valence-electron chi connectivity index (χ4n) is 2.92. The van der Waals surface area contributed by atoms with E-state index in [-0.39, 0.29) is 23.3 Å². The van der Waals surface area contributed by atoms with Gasteiger partial charge in [-0.05, 0) is 55.0 Å². The minimum Gasteiger partial charge on any atom is -0.497 e. The van der Waals surface area contributed by atoms with Gasteiger partial charge < -0.3 is 4.74 Å². The van der Waals surface area contributed by atoms with Crippen molar-refractivity contribution in [2.45, 2.75) is 38.0 Å². The maximum absolute atomic E-state index is 12.4. The summed E-state index contributed by atoms with van der Waals surface area (Å²) in [5.74, 6) is 1.05. The molecule has 0 aliphatic carbocycles. The maximum atomic E-state index is 12.4. The number of rotatable bonds is 8. The Hall–Kier alpha value is -1.85. The summed E-state index contributed by atoms with van der Waals surface area (Å²) in [6, 6.07) is 14.6. The first-order valence-electron chi connectivity index (χ1n) is 8.47. The Morgan fingerprint density at radius 3 is 2.36 bits per heavy atom. The van der Waals surface area contributed by atoms with Gasteiger partial charge in [0.25, 0.3) is 10.1 Å². The van der Waals surface area contributed by atoms with Crippen molar-refractivity contribution in [1.29, 1.82) is 0 Å². The number of hydrogen-bond acceptors (Lipinski definition) is 4. The van der Waals surface area contributed by atoms with Gasteiger partial charge in [0.1, 0.15) is 5.75 Å². The zero-order valence-corrected chi connectivity index (χ0v) is 16.0. The van der Waals surface area contributed by atoms with E-state index >= 15 is 0 Å². The summed E-state index contributed by atoms with van der Waals surface area (Å²) in [5.41, 5.74) is 2.14. The van der Waals surface area contributed by atoms with Crippen LogP contribution < -0.4 is 4.74 Å². The van der Waals surface area contributed by atoms with E-state index < -0.39 is 10.1 Å². The lowest BCUT2D eigenvalue weighted by Gasteiger charge is -2.23. The van der Waals surface area contributed by atoms with E-state index in [1.54, 1.807) is 31.4 Å². The summed E-state index contributed by atoms with van der Waals surface area (Å²) >= 11 is 0. The highest BCUT2D eigenvalue weighted by atomic mass is 32.2. The third kappa shape index (κ3) is 5.06. The summed E-state index contributed by atoms with van der Waals surface area (Å²) in [5, 5.41) is 0. The Kier molecular flexibility index (Phi) is 6.62. The van der Waals surface area contributed by atoms with Crippen LogP contribution in [0.5, 0.6) is 5.75 Å². The minimum atomic E-state index is -3.73. The summed E-state index contributed by atoms with van der Waals surface area (Å²) in [6.07, 6.45) is 0.891. The van der Waals surface area contributed by atoms with E-state index in [4.69, 9.17) is 8.92 Å². The first kappa shape index (κ1) is 19.5. The molecule has 0 aliphatic rings. The van der Waals surface area contributed by atoms with Crippen molar-refractivity contribution in [3.8, 4) is 5.75 Å². The second-order valence-electron chi connectivity index (χ2n) is 6.32. The molecule has 0 saturated carbocycles. The molecular formula is C20H26O4S. The van der Waals surface area contributed by atoms with Gasteiger partial charge in [0, 0.05) is 0 Å². The highest BCUT2D eigenvalue weighted by Crippen LogP contribution is 2.31. The number of ether oxygens (including phenoxy) is 1. The molecule has 2 aromatic carbocycles. The van der Waals surface area contributed by atoms with Gasteiger partial charge in [-0.3, -0.25) is 4.18 Å². The number of methoxy groups -OCH3 is 1. The van der Waals surface area contributed by atoms with E-state index in [1.807, 2.05) is 38.1 Å². The molecule has 0 saturated heterocycles. The van der Waals surface area contributed by atoms with Crippen LogP contribution in [-0.2, 0) is 14.3 Å². The molecule has 2 aromatic rings. The molecule has 5 heteroatoms. The quantitative estimate of drug-likeness (QED) is 0.647. The van der Waals surface area contributed by atoms with Crippen molar-refractivity contribution < 1.29 is 17.3 Å². The van der Waals surface area contributed by atoms with Crippen LogP contribution >= 0.6 is 0 Å². The van der Waals surface area contributed by atoms with Gasteiger partial charge in [0.15, 0.2) is 0 Å². The SMILES string of the molecule is CC[C@@H](c1cccc(OC)c1)[C@@H](C)COS(=O)(=O)c1ccc(C)cc1. The van der Waals surface area contributed by atoms with Crippen molar-refractivity contribution in [3.05, 3.63) is 59.7 Å². The van der Waals surface area contributed by atoms with Crippen LogP contribution in [0.15, 0.2) is 53.4 Å². The smallest absolute Gasteiger partial charge is 0.296 e. The summed E-state index contributed by atoms with van der Waals surface area (Å²) < 4.78 is 35.3. The molecule has 0 unspecified atom stereocenters. The molecule has 0 N–H and O–H groups in total. The predicted molar refractivity (Wildman–Crippen MR) is 99.5 cm³/mol. The number of benzene rings is 2. The average Bonchev–Trinajstić information content (AvgIpc) is 2.61. The first-order chi connectivity index (χ1) is 11.9. The highest BCUT2D eigenvalue weighted by Gasteiger charge is 2.22. The topological polar surface area (TPSA) is 52.6 Å². The normalized spacial score (nSPS) is 14.1. The van der Waals surface area contributed by atoms with E-state index in [1.165, 1.54) is 0 Å². The van der Waals surface area contributed by atoms with Gasteiger partial charge in [0.05, 0.1) is 18.6 Å². The van der Waals surface area contributed by atoms with Gasteiger partial charge in [-0.25, -0.2) is 0 Å². The molecule has 25 heavy (non-hydrogen) atoms. The molecule has 0 heterocycles. The van der Waals surface area contributed by atoms with Gasteiger partial charge >= 0.3 is 0 Å². The molecule has 0 bridgehead atoms. The molecule has 0 radical (unpaired) electrons. The van der Waals surface area contributed by atoms with Gasteiger partial charge in [-0.1, -0.05) is 43.7 Å². The van der Waals surface area contributed by atoms with Crippen LogP contribution in [-0.4, -0.2) is 22.1 Å². The Labute approximate surface area is 150 Å². The highest BCUT2D eigenvalue weighted by molar-refractivity contribution is 7.86. The Morgan fingerprint density at radius 2 is 1.76 bits per heavy atom. The fraction of sp³-hybridized carbons (Fsp3) is 0.400. The van der Waals surface area contributed by atoms with Crippen LogP contribution in [0.2, 0.25) is 0 Å². The van der Waals surface area contributed by atoms with Crippen LogP contribution in [0.3, 0.4) is 0 Å². The van der Waals surface area contributed by atoms with E-state index in [0.29, 0.717) is 0 Å². The Bertz CT molecular complexity index is 782. The molecule has 2 rings (SSSR count). The zero-order valence-electron chi connectivity index (χ0n) is 15.2. The first-order valence-corrected chi connectivity index (χ1v) is 9.88. The van der Waals surface area contributed by atoms with Crippen molar-refractivity contribution in [2.24, 2.45) is 5.92 Å². The summed E-state index contributed by atoms with van der Waals surface area (Å²) in [7, 11) is -2.09. The Balaban J connectivity index is 2.08. The zero-order chi connectivity index (χ0) is 18.4. The third-order valence-electron chi connectivity index (χ3n) is 4.44. The van der Waals surface area contributed by atoms with Gasteiger partial charge in [-0.2, -0.15) is 8.42 Å².